The van der Waals surface area contributed by atoms with Crippen molar-refractivity contribution in [2.75, 3.05) is 13.7 Å². The Balaban J connectivity index is 1.61. The van der Waals surface area contributed by atoms with Gasteiger partial charge in [-0.3, -0.25) is 9.48 Å². The molecule has 49 heavy (non-hydrogen) atoms. The van der Waals surface area contributed by atoms with Gasteiger partial charge in [0.15, 0.2) is 11.5 Å². The molecule has 0 N–H and O–H groups in total. The van der Waals surface area contributed by atoms with Crippen molar-refractivity contribution in [3.05, 3.63) is 88.3 Å². The van der Waals surface area contributed by atoms with Crippen LogP contribution in [0.25, 0.3) is 11.1 Å². The number of nitrogens with zero attached hydrogens (tertiary/aromatic N) is 5. The molecule has 11 nitrogen and oxygen atoms in total. The highest BCUT2D eigenvalue weighted by atomic mass is 19.4. The van der Waals surface area contributed by atoms with Crippen LogP contribution < -0.4 is 10.4 Å². The lowest BCUT2D eigenvalue weighted by atomic mass is 9.86. The van der Waals surface area contributed by atoms with Crippen LogP contribution in [0.1, 0.15) is 65.2 Å². The summed E-state index contributed by atoms with van der Waals surface area (Å²) in [7, 11) is 2.78. The number of imidazole rings is 1. The van der Waals surface area contributed by atoms with E-state index in [0.29, 0.717) is 11.1 Å². The molecule has 260 valence electrons. The molecule has 15 heteroatoms. The van der Waals surface area contributed by atoms with E-state index in [1.165, 1.54) is 30.5 Å². The van der Waals surface area contributed by atoms with E-state index in [1.54, 1.807) is 56.3 Å². The van der Waals surface area contributed by atoms with Crippen LogP contribution in [0.3, 0.4) is 0 Å². The van der Waals surface area contributed by atoms with Gasteiger partial charge in [0.05, 0.1) is 37.3 Å². The Morgan fingerprint density at radius 1 is 1.06 bits per heavy atom. The minimum absolute atomic E-state index is 0.00438. The van der Waals surface area contributed by atoms with E-state index in [-0.39, 0.29) is 59.7 Å². The molecular weight excluding hydrogens is 650 g/mol. The lowest BCUT2D eigenvalue weighted by Crippen LogP contribution is -2.31. The third-order valence-corrected chi connectivity index (χ3v) is 7.76. The molecule has 4 aromatic rings. The fourth-order valence-corrected chi connectivity index (χ4v) is 5.54. The zero-order chi connectivity index (χ0) is 35.8. The highest BCUT2D eigenvalue weighted by Gasteiger charge is 2.40. The van der Waals surface area contributed by atoms with Crippen LogP contribution in [0.15, 0.2) is 53.9 Å². The number of amides is 1. The van der Waals surface area contributed by atoms with Crippen LogP contribution in [0.4, 0.5) is 22.4 Å². The second kappa shape index (κ2) is 13.4. The maximum absolute atomic E-state index is 14.3. The van der Waals surface area contributed by atoms with Gasteiger partial charge in [0.2, 0.25) is 5.62 Å². The smallest absolute Gasteiger partial charge is 0.437 e. The third-order valence-electron chi connectivity index (χ3n) is 7.76. The number of hydrogen-bond acceptors (Lipinski definition) is 7. The monoisotopic (exact) mass is 685 g/mol. The zero-order valence-electron chi connectivity index (χ0n) is 27.7. The fraction of sp³-hybridized carbons (Fsp3) is 0.382. The van der Waals surface area contributed by atoms with Crippen LogP contribution in [0, 0.1) is 11.7 Å². The van der Waals surface area contributed by atoms with Gasteiger partial charge in [-0.2, -0.15) is 18.3 Å². The summed E-state index contributed by atoms with van der Waals surface area (Å²) in [6.07, 6.45) is -1.06. The van der Waals surface area contributed by atoms with Crippen molar-refractivity contribution >= 4 is 17.8 Å². The molecule has 0 fully saturated rings. The molecule has 2 aromatic heterocycles. The fourth-order valence-electron chi connectivity index (χ4n) is 5.54. The first-order valence-electron chi connectivity index (χ1n) is 15.3. The minimum Gasteiger partial charge on any atom is -0.491 e. The van der Waals surface area contributed by atoms with Gasteiger partial charge >= 0.3 is 18.2 Å². The summed E-state index contributed by atoms with van der Waals surface area (Å²) < 4.78 is 77.5. The Hall–Kier alpha value is -5.21. The number of carbonyl (C=O) groups is 3. The lowest BCUT2D eigenvalue weighted by molar-refractivity contribution is -0.141. The highest BCUT2D eigenvalue weighted by Crippen LogP contribution is 2.44. The van der Waals surface area contributed by atoms with Crippen molar-refractivity contribution in [1.82, 2.24) is 18.9 Å². The van der Waals surface area contributed by atoms with Gasteiger partial charge in [0.25, 0.3) is 0 Å². The topological polar surface area (TPSA) is 119 Å². The van der Waals surface area contributed by atoms with Gasteiger partial charge in [-0.05, 0) is 69.5 Å². The van der Waals surface area contributed by atoms with Crippen molar-refractivity contribution in [3.8, 4) is 16.9 Å². The van der Waals surface area contributed by atoms with Crippen molar-refractivity contribution in [3.63, 3.8) is 0 Å². The zero-order valence-corrected chi connectivity index (χ0v) is 27.7. The van der Waals surface area contributed by atoms with Crippen LogP contribution >= 0.6 is 0 Å². The van der Waals surface area contributed by atoms with Gasteiger partial charge in [0.1, 0.15) is 17.2 Å². The van der Waals surface area contributed by atoms with Gasteiger partial charge in [-0.15, -0.1) is 4.99 Å². The summed E-state index contributed by atoms with van der Waals surface area (Å²) >= 11 is 0. The van der Waals surface area contributed by atoms with Crippen LogP contribution in [-0.2, 0) is 42.2 Å². The van der Waals surface area contributed by atoms with E-state index < -0.39 is 47.1 Å². The first kappa shape index (κ1) is 35.1. The maximum atomic E-state index is 14.3. The van der Waals surface area contributed by atoms with E-state index >= 15 is 0 Å². The van der Waals surface area contributed by atoms with Crippen LogP contribution in [0.2, 0.25) is 0 Å². The van der Waals surface area contributed by atoms with E-state index in [2.05, 4.69) is 14.8 Å². The number of Topliss-reactive ketones (excluding diaryl/α,β-unsaturated/α-hetero) is 1. The number of alkyl halides is 3. The lowest BCUT2D eigenvalue weighted by Gasteiger charge is -2.27. The minimum atomic E-state index is -4.81. The number of aromatic nitrogens is 4. The summed E-state index contributed by atoms with van der Waals surface area (Å²) in [5, 5.41) is 3.75. The highest BCUT2D eigenvalue weighted by molar-refractivity contribution is 6.04. The number of methoxy groups -OCH3 is 1. The van der Waals surface area contributed by atoms with Crippen molar-refractivity contribution in [2.45, 2.75) is 59.0 Å². The van der Waals surface area contributed by atoms with Crippen molar-refractivity contribution < 1.29 is 46.2 Å². The van der Waals surface area contributed by atoms with Crippen LogP contribution in [0.5, 0.6) is 5.75 Å². The average molecular weight is 686 g/mol. The Bertz CT molecular complexity index is 2000. The van der Waals surface area contributed by atoms with Crippen molar-refractivity contribution in [2.24, 2.45) is 18.0 Å². The molecule has 0 unspecified atom stereocenters. The first-order chi connectivity index (χ1) is 23.0. The van der Waals surface area contributed by atoms with Gasteiger partial charge in [-0.1, -0.05) is 6.07 Å². The molecular formula is C34H35F4N5O6. The Kier molecular flexibility index (Phi) is 9.57. The number of fused-ring (bicyclic) bond motifs is 1. The molecule has 1 aliphatic heterocycles. The van der Waals surface area contributed by atoms with Gasteiger partial charge < -0.3 is 23.3 Å². The first-order valence-corrected chi connectivity index (χ1v) is 15.3. The van der Waals surface area contributed by atoms with E-state index in [9.17, 15) is 31.9 Å². The Morgan fingerprint density at radius 2 is 1.78 bits per heavy atom. The number of ketones is 1. The predicted octanol–water partition coefficient (Wildman–Crippen LogP) is 5.97. The van der Waals surface area contributed by atoms with Gasteiger partial charge in [0, 0.05) is 43.3 Å². The number of hydrogen-bond donors (Lipinski definition) is 0. The second-order valence-electron chi connectivity index (χ2n) is 12.6. The molecule has 0 spiro atoms. The Labute approximate surface area is 278 Å². The summed E-state index contributed by atoms with van der Waals surface area (Å²) in [4.78, 5) is 42.8. The Morgan fingerprint density at radius 3 is 2.43 bits per heavy atom. The number of benzene rings is 2. The summed E-state index contributed by atoms with van der Waals surface area (Å²) in [5.41, 5.74) is -1.37. The van der Waals surface area contributed by atoms with Crippen LogP contribution in [-0.4, -0.2) is 56.1 Å². The number of esters is 1. The number of rotatable bonds is 7. The van der Waals surface area contributed by atoms with E-state index in [0.717, 1.165) is 17.9 Å². The third kappa shape index (κ3) is 7.60. The molecule has 0 aliphatic carbocycles. The maximum Gasteiger partial charge on any atom is 0.437 e. The van der Waals surface area contributed by atoms with E-state index in [4.69, 9.17) is 9.47 Å². The number of carbonyl (C=O) groups excluding carboxylic acids is 3. The standard InChI is InChI=1S/C34H35F4N5O6/c1-7-43-17-25(29(40-43)34(36,37)38)22-14-20(16-42-11-10-41(5)31(42)39-32(46)49-33(2,3)4)15-24-27(44)21(18-48-28(22)24)12-19-8-9-26(35)23(13-19)30(45)47-6/h8-11,13-15,17,21H,7,12,16,18H2,1-6H3/b39-31+/t21-/m0/s1. The normalized spacial score (nSPS) is 15.2. The number of ether oxygens (including phenoxy) is 3. The molecule has 3 heterocycles. The second-order valence-corrected chi connectivity index (χ2v) is 12.6. The van der Waals surface area contributed by atoms with Gasteiger partial charge in [-0.25, -0.2) is 14.0 Å². The number of aryl methyl sites for hydroxylation is 2. The molecule has 1 amide bonds. The predicted molar refractivity (Wildman–Crippen MR) is 167 cm³/mol. The molecule has 5 rings (SSSR count). The molecule has 0 bridgehead atoms. The quantitative estimate of drug-likeness (QED) is 0.174. The molecule has 0 saturated heterocycles. The SMILES string of the molecule is CCn1cc(-c2cc(Cn3ccn(C)/c3=N\C(=O)OC(C)(C)C)cc3c2OC[C@H](Cc2ccc(F)c(C(=O)OC)c2)C3=O)c(C(F)(F)F)n1. The average Bonchev–Trinajstić information content (AvgIpc) is 3.62. The molecule has 1 aliphatic rings. The molecule has 0 radical (unpaired) electrons. The molecule has 2 aromatic carbocycles. The number of halogens is 4. The summed E-state index contributed by atoms with van der Waals surface area (Å²) in [5.74, 6) is -2.92. The van der Waals surface area contributed by atoms with Crippen molar-refractivity contribution in [1.29, 1.82) is 0 Å². The van der Waals surface area contributed by atoms with E-state index in [1.807, 2.05) is 0 Å². The largest absolute Gasteiger partial charge is 0.491 e. The summed E-state index contributed by atoms with van der Waals surface area (Å²) in [6.45, 7) is 6.73. The molecule has 1 atom stereocenters. The summed E-state index contributed by atoms with van der Waals surface area (Å²) in [6, 6.07) is 6.86. The molecule has 0 saturated carbocycles.